The number of nitrogens with one attached hydrogen (secondary N) is 1. The highest BCUT2D eigenvalue weighted by Crippen LogP contribution is 2.20. The fraction of sp³-hybridized carbons (Fsp3) is 1.00. The Kier molecular flexibility index (Phi) is 8.80. The Morgan fingerprint density at radius 3 is 2.29 bits per heavy atom. The zero-order valence-corrected chi connectivity index (χ0v) is 11.3. The molecule has 2 heteroatoms. The second-order valence-electron chi connectivity index (χ2n) is 4.36. The standard InChI is InChI=1S/C12H27NS/c1-6-12(13-5)8-7-9-14-11(4)10(2)3/h10-13H,6-9H2,1-5H3. The topological polar surface area (TPSA) is 12.0 Å². The average molecular weight is 217 g/mol. The van der Waals surface area contributed by atoms with Crippen molar-refractivity contribution < 1.29 is 0 Å². The van der Waals surface area contributed by atoms with Crippen molar-refractivity contribution in [1.29, 1.82) is 0 Å². The highest BCUT2D eigenvalue weighted by Gasteiger charge is 2.07. The lowest BCUT2D eigenvalue weighted by Crippen LogP contribution is -2.24. The maximum Gasteiger partial charge on any atom is 0.00617 e. The highest BCUT2D eigenvalue weighted by molar-refractivity contribution is 7.99. The number of hydrogen-bond donors (Lipinski definition) is 1. The van der Waals surface area contributed by atoms with Gasteiger partial charge in [-0.2, -0.15) is 11.8 Å². The van der Waals surface area contributed by atoms with Gasteiger partial charge in [-0.1, -0.05) is 27.7 Å². The third-order valence-corrected chi connectivity index (χ3v) is 4.51. The first-order chi connectivity index (χ1) is 6.61. The second kappa shape index (κ2) is 8.60. The molecule has 0 bridgehead atoms. The van der Waals surface area contributed by atoms with E-state index < -0.39 is 0 Å². The van der Waals surface area contributed by atoms with Crippen LogP contribution in [0.3, 0.4) is 0 Å². The molecule has 0 heterocycles. The normalized spacial score (nSPS) is 15.9. The van der Waals surface area contributed by atoms with E-state index in [9.17, 15) is 0 Å². The van der Waals surface area contributed by atoms with Crippen LogP contribution >= 0.6 is 11.8 Å². The molecule has 0 spiro atoms. The molecule has 1 N–H and O–H groups in total. The summed E-state index contributed by atoms with van der Waals surface area (Å²) < 4.78 is 0. The predicted molar refractivity (Wildman–Crippen MR) is 69.1 cm³/mol. The van der Waals surface area contributed by atoms with Gasteiger partial charge in [0.25, 0.3) is 0 Å². The maximum atomic E-state index is 3.35. The SMILES string of the molecule is CCC(CCCSC(C)C(C)C)NC. The van der Waals surface area contributed by atoms with E-state index in [4.69, 9.17) is 0 Å². The Labute approximate surface area is 94.4 Å². The van der Waals surface area contributed by atoms with Gasteiger partial charge in [-0.15, -0.1) is 0 Å². The Bertz CT molecular complexity index is 117. The summed E-state index contributed by atoms with van der Waals surface area (Å²) in [6, 6.07) is 0.727. The molecule has 0 aromatic carbocycles. The molecule has 0 aliphatic carbocycles. The summed E-state index contributed by atoms with van der Waals surface area (Å²) in [5.74, 6) is 2.13. The van der Waals surface area contributed by atoms with E-state index in [0.29, 0.717) is 0 Å². The van der Waals surface area contributed by atoms with Crippen LogP contribution in [0.2, 0.25) is 0 Å². The molecule has 2 atom stereocenters. The fourth-order valence-electron chi connectivity index (χ4n) is 1.34. The van der Waals surface area contributed by atoms with E-state index in [1.807, 2.05) is 0 Å². The van der Waals surface area contributed by atoms with Crippen LogP contribution in [0, 0.1) is 5.92 Å². The van der Waals surface area contributed by atoms with Gasteiger partial charge in [0.2, 0.25) is 0 Å². The smallest absolute Gasteiger partial charge is 0.00617 e. The molecule has 0 saturated heterocycles. The Hall–Kier alpha value is 0.310. The van der Waals surface area contributed by atoms with Crippen molar-refractivity contribution in [3.63, 3.8) is 0 Å². The third-order valence-electron chi connectivity index (χ3n) is 2.92. The van der Waals surface area contributed by atoms with E-state index >= 15 is 0 Å². The largest absolute Gasteiger partial charge is 0.317 e. The molecule has 14 heavy (non-hydrogen) atoms. The summed E-state index contributed by atoms with van der Waals surface area (Å²) in [5, 5.41) is 4.16. The predicted octanol–water partition coefficient (Wildman–Crippen LogP) is 3.54. The van der Waals surface area contributed by atoms with Crippen molar-refractivity contribution in [1.82, 2.24) is 5.32 Å². The van der Waals surface area contributed by atoms with Gasteiger partial charge in [-0.25, -0.2) is 0 Å². The van der Waals surface area contributed by atoms with E-state index in [1.165, 1.54) is 25.0 Å². The number of rotatable bonds is 8. The molecule has 0 saturated carbocycles. The van der Waals surface area contributed by atoms with E-state index in [0.717, 1.165) is 17.2 Å². The summed E-state index contributed by atoms with van der Waals surface area (Å²) in [6.45, 7) is 9.20. The Balaban J connectivity index is 3.36. The van der Waals surface area contributed by atoms with Gasteiger partial charge in [-0.3, -0.25) is 0 Å². The lowest BCUT2D eigenvalue weighted by molar-refractivity contribution is 0.504. The maximum absolute atomic E-state index is 3.35. The third kappa shape index (κ3) is 6.72. The molecular formula is C12H27NS. The van der Waals surface area contributed by atoms with Crippen LogP contribution < -0.4 is 5.32 Å². The minimum absolute atomic E-state index is 0.727. The van der Waals surface area contributed by atoms with Crippen LogP contribution in [0.4, 0.5) is 0 Å². The summed E-state index contributed by atoms with van der Waals surface area (Å²) in [5.41, 5.74) is 0. The van der Waals surface area contributed by atoms with Crippen LogP contribution in [0.1, 0.15) is 47.0 Å². The first-order valence-corrected chi connectivity index (χ1v) is 6.95. The van der Waals surface area contributed by atoms with Gasteiger partial charge in [-0.05, 0) is 38.0 Å². The summed E-state index contributed by atoms with van der Waals surface area (Å²) >= 11 is 2.12. The fourth-order valence-corrected chi connectivity index (χ4v) is 2.43. The molecule has 86 valence electrons. The molecular weight excluding hydrogens is 190 g/mol. The minimum atomic E-state index is 0.727. The molecule has 0 aliphatic rings. The van der Waals surface area contributed by atoms with Crippen molar-refractivity contribution in [2.75, 3.05) is 12.8 Å². The van der Waals surface area contributed by atoms with E-state index in [-0.39, 0.29) is 0 Å². The molecule has 0 aliphatic heterocycles. The van der Waals surface area contributed by atoms with Crippen LogP contribution in [0.5, 0.6) is 0 Å². The second-order valence-corrected chi connectivity index (χ2v) is 5.84. The van der Waals surface area contributed by atoms with E-state index in [1.54, 1.807) is 0 Å². The Morgan fingerprint density at radius 1 is 1.21 bits per heavy atom. The lowest BCUT2D eigenvalue weighted by Gasteiger charge is -2.16. The lowest BCUT2D eigenvalue weighted by atomic mass is 10.1. The van der Waals surface area contributed by atoms with Gasteiger partial charge in [0.15, 0.2) is 0 Å². The zero-order chi connectivity index (χ0) is 11.0. The quantitative estimate of drug-likeness (QED) is 0.624. The molecule has 1 nitrogen and oxygen atoms in total. The van der Waals surface area contributed by atoms with Gasteiger partial charge in [0, 0.05) is 11.3 Å². The van der Waals surface area contributed by atoms with Gasteiger partial charge in [0.05, 0.1) is 0 Å². The average Bonchev–Trinajstić information content (AvgIpc) is 2.17. The summed E-state index contributed by atoms with van der Waals surface area (Å²) in [7, 11) is 2.07. The monoisotopic (exact) mass is 217 g/mol. The summed E-state index contributed by atoms with van der Waals surface area (Å²) in [4.78, 5) is 0. The van der Waals surface area contributed by atoms with Crippen LogP contribution in [0.15, 0.2) is 0 Å². The van der Waals surface area contributed by atoms with Crippen molar-refractivity contribution in [2.24, 2.45) is 5.92 Å². The van der Waals surface area contributed by atoms with Crippen molar-refractivity contribution in [3.05, 3.63) is 0 Å². The summed E-state index contributed by atoms with van der Waals surface area (Å²) in [6.07, 6.45) is 3.92. The first-order valence-electron chi connectivity index (χ1n) is 5.90. The molecule has 0 fully saturated rings. The number of hydrogen-bond acceptors (Lipinski definition) is 2. The molecule has 2 unspecified atom stereocenters. The van der Waals surface area contributed by atoms with Crippen LogP contribution in [0.25, 0.3) is 0 Å². The van der Waals surface area contributed by atoms with Crippen molar-refractivity contribution in [2.45, 2.75) is 58.2 Å². The number of thioether (sulfide) groups is 1. The van der Waals surface area contributed by atoms with E-state index in [2.05, 4.69) is 51.8 Å². The zero-order valence-electron chi connectivity index (χ0n) is 10.5. The molecule has 0 aromatic rings. The van der Waals surface area contributed by atoms with Crippen molar-refractivity contribution in [3.8, 4) is 0 Å². The molecule has 0 radical (unpaired) electrons. The first kappa shape index (κ1) is 14.3. The van der Waals surface area contributed by atoms with Crippen molar-refractivity contribution >= 4 is 11.8 Å². The van der Waals surface area contributed by atoms with Gasteiger partial charge >= 0.3 is 0 Å². The van der Waals surface area contributed by atoms with Gasteiger partial charge < -0.3 is 5.32 Å². The minimum Gasteiger partial charge on any atom is -0.317 e. The van der Waals surface area contributed by atoms with Crippen LogP contribution in [-0.4, -0.2) is 24.1 Å². The van der Waals surface area contributed by atoms with Crippen LogP contribution in [-0.2, 0) is 0 Å². The highest BCUT2D eigenvalue weighted by atomic mass is 32.2. The Morgan fingerprint density at radius 2 is 1.86 bits per heavy atom. The molecule has 0 aromatic heterocycles. The molecule has 0 rings (SSSR count). The van der Waals surface area contributed by atoms with Gasteiger partial charge in [0.1, 0.15) is 0 Å². The molecule has 0 amide bonds.